The molecule has 0 spiro atoms. The lowest BCUT2D eigenvalue weighted by atomic mass is 10.1. The van der Waals surface area contributed by atoms with Crippen molar-refractivity contribution >= 4 is 23.3 Å². The average molecular weight is 436 g/mol. The summed E-state index contributed by atoms with van der Waals surface area (Å²) in [5.41, 5.74) is 3.15. The van der Waals surface area contributed by atoms with Gasteiger partial charge in [-0.3, -0.25) is 4.79 Å². The SMILES string of the molecule is CCOC(=O)c1cnn(-c2ccc(C(=O)Nc3ccc(N4CCCC4)c(F)c3)cc2)c1C. The zero-order chi connectivity index (χ0) is 22.7. The molecule has 0 unspecified atom stereocenters. The van der Waals surface area contributed by atoms with E-state index in [1.165, 1.54) is 12.3 Å². The number of ether oxygens (including phenoxy) is 1. The Labute approximate surface area is 185 Å². The topological polar surface area (TPSA) is 76.5 Å². The fraction of sp³-hybridized carbons (Fsp3) is 0.292. The number of rotatable bonds is 6. The van der Waals surface area contributed by atoms with Crippen molar-refractivity contribution in [2.24, 2.45) is 0 Å². The summed E-state index contributed by atoms with van der Waals surface area (Å²) in [6, 6.07) is 11.6. The molecule has 4 rings (SSSR count). The first-order chi connectivity index (χ1) is 15.5. The van der Waals surface area contributed by atoms with Gasteiger partial charge < -0.3 is 15.0 Å². The normalized spacial score (nSPS) is 13.3. The number of benzene rings is 2. The van der Waals surface area contributed by atoms with E-state index >= 15 is 0 Å². The zero-order valence-electron chi connectivity index (χ0n) is 18.1. The number of amides is 1. The van der Waals surface area contributed by atoms with Gasteiger partial charge in [0.05, 0.1) is 29.9 Å². The summed E-state index contributed by atoms with van der Waals surface area (Å²) >= 11 is 0. The quantitative estimate of drug-likeness (QED) is 0.582. The van der Waals surface area contributed by atoms with Crippen molar-refractivity contribution in [1.82, 2.24) is 9.78 Å². The highest BCUT2D eigenvalue weighted by atomic mass is 19.1. The molecule has 0 atom stereocenters. The maximum absolute atomic E-state index is 14.5. The van der Waals surface area contributed by atoms with Crippen LogP contribution in [0.1, 0.15) is 46.2 Å². The summed E-state index contributed by atoms with van der Waals surface area (Å²) in [6.45, 7) is 5.52. The molecule has 0 aliphatic carbocycles. The van der Waals surface area contributed by atoms with E-state index < -0.39 is 5.97 Å². The number of nitrogens with zero attached hydrogens (tertiary/aromatic N) is 3. The van der Waals surface area contributed by atoms with Crippen molar-refractivity contribution in [3.63, 3.8) is 0 Å². The molecule has 8 heteroatoms. The first kappa shape index (κ1) is 21.5. The van der Waals surface area contributed by atoms with Crippen molar-refractivity contribution in [2.75, 3.05) is 29.9 Å². The summed E-state index contributed by atoms with van der Waals surface area (Å²) in [4.78, 5) is 26.6. The van der Waals surface area contributed by atoms with E-state index in [4.69, 9.17) is 4.74 Å². The summed E-state index contributed by atoms with van der Waals surface area (Å²) < 4.78 is 21.2. The molecule has 7 nitrogen and oxygen atoms in total. The van der Waals surface area contributed by atoms with Crippen LogP contribution < -0.4 is 10.2 Å². The van der Waals surface area contributed by atoms with Crippen LogP contribution in [-0.2, 0) is 4.74 Å². The van der Waals surface area contributed by atoms with Crippen LogP contribution in [0.2, 0.25) is 0 Å². The Morgan fingerprint density at radius 1 is 1.12 bits per heavy atom. The Kier molecular flexibility index (Phi) is 6.20. The Morgan fingerprint density at radius 3 is 2.50 bits per heavy atom. The maximum atomic E-state index is 14.5. The number of carbonyl (C=O) groups excluding carboxylic acids is 2. The molecule has 1 N–H and O–H groups in total. The van der Waals surface area contributed by atoms with E-state index in [0.717, 1.165) is 25.9 Å². The van der Waals surface area contributed by atoms with Crippen molar-refractivity contribution in [1.29, 1.82) is 0 Å². The predicted octanol–water partition coefficient (Wildman–Crippen LogP) is 4.35. The largest absolute Gasteiger partial charge is 0.462 e. The van der Waals surface area contributed by atoms with Crippen LogP contribution in [0.3, 0.4) is 0 Å². The van der Waals surface area contributed by atoms with Gasteiger partial charge in [0.15, 0.2) is 0 Å². The molecule has 1 aliphatic rings. The van der Waals surface area contributed by atoms with Crippen molar-refractivity contribution in [3.05, 3.63) is 71.3 Å². The van der Waals surface area contributed by atoms with E-state index in [0.29, 0.717) is 33.9 Å². The maximum Gasteiger partial charge on any atom is 0.341 e. The third-order valence-corrected chi connectivity index (χ3v) is 5.53. The number of hydrogen-bond donors (Lipinski definition) is 1. The van der Waals surface area contributed by atoms with E-state index in [2.05, 4.69) is 10.4 Å². The van der Waals surface area contributed by atoms with Gasteiger partial charge in [0, 0.05) is 24.3 Å². The molecule has 1 fully saturated rings. The van der Waals surface area contributed by atoms with Crippen LogP contribution in [0.25, 0.3) is 5.69 Å². The molecule has 3 aromatic rings. The van der Waals surface area contributed by atoms with Gasteiger partial charge in [0.25, 0.3) is 5.91 Å². The molecule has 32 heavy (non-hydrogen) atoms. The third kappa shape index (κ3) is 4.34. The molecule has 2 heterocycles. The molecule has 0 bridgehead atoms. The molecule has 166 valence electrons. The van der Waals surface area contributed by atoms with Crippen LogP contribution in [-0.4, -0.2) is 41.4 Å². The smallest absolute Gasteiger partial charge is 0.341 e. The molecular weight excluding hydrogens is 411 g/mol. The third-order valence-electron chi connectivity index (χ3n) is 5.53. The number of halogens is 1. The zero-order valence-corrected chi connectivity index (χ0v) is 18.1. The Balaban J connectivity index is 1.46. The second-order valence-corrected chi connectivity index (χ2v) is 7.64. The molecule has 1 aromatic heterocycles. The highest BCUT2D eigenvalue weighted by Crippen LogP contribution is 2.26. The minimum Gasteiger partial charge on any atom is -0.462 e. The van der Waals surface area contributed by atoms with Crippen LogP contribution in [0.4, 0.5) is 15.8 Å². The average Bonchev–Trinajstić information content (AvgIpc) is 3.44. The fourth-order valence-corrected chi connectivity index (χ4v) is 3.84. The molecule has 0 radical (unpaired) electrons. The van der Waals surface area contributed by atoms with Crippen molar-refractivity contribution < 1.29 is 18.7 Å². The predicted molar refractivity (Wildman–Crippen MR) is 120 cm³/mol. The number of carbonyl (C=O) groups is 2. The van der Waals surface area contributed by atoms with E-state index in [9.17, 15) is 14.0 Å². The van der Waals surface area contributed by atoms with Crippen LogP contribution in [0.5, 0.6) is 0 Å². The summed E-state index contributed by atoms with van der Waals surface area (Å²) in [7, 11) is 0. The fourth-order valence-electron chi connectivity index (χ4n) is 3.84. The van der Waals surface area contributed by atoms with Crippen molar-refractivity contribution in [3.8, 4) is 5.69 Å². The molecule has 1 amide bonds. The monoisotopic (exact) mass is 436 g/mol. The molecule has 1 aliphatic heterocycles. The first-order valence-corrected chi connectivity index (χ1v) is 10.7. The van der Waals surface area contributed by atoms with Gasteiger partial charge in [-0.25, -0.2) is 13.9 Å². The minimum atomic E-state index is -0.421. The second-order valence-electron chi connectivity index (χ2n) is 7.64. The van der Waals surface area contributed by atoms with Crippen molar-refractivity contribution in [2.45, 2.75) is 26.7 Å². The van der Waals surface area contributed by atoms with Gasteiger partial charge in [0.2, 0.25) is 0 Å². The molecule has 0 saturated carbocycles. The van der Waals surface area contributed by atoms with Gasteiger partial charge in [-0.15, -0.1) is 0 Å². The number of aromatic nitrogens is 2. The molecule has 1 saturated heterocycles. The van der Waals surface area contributed by atoms with E-state index in [1.54, 1.807) is 54.9 Å². The van der Waals surface area contributed by atoms with Crippen LogP contribution in [0, 0.1) is 12.7 Å². The second kappa shape index (κ2) is 9.21. The van der Waals surface area contributed by atoms with Gasteiger partial charge in [-0.2, -0.15) is 5.10 Å². The lowest BCUT2D eigenvalue weighted by Gasteiger charge is -2.18. The van der Waals surface area contributed by atoms with Crippen LogP contribution >= 0.6 is 0 Å². The Bertz CT molecular complexity index is 1130. The highest BCUT2D eigenvalue weighted by molar-refractivity contribution is 6.04. The number of esters is 1. The highest BCUT2D eigenvalue weighted by Gasteiger charge is 2.18. The number of hydrogen-bond acceptors (Lipinski definition) is 5. The Morgan fingerprint density at radius 2 is 1.84 bits per heavy atom. The van der Waals surface area contributed by atoms with Gasteiger partial charge >= 0.3 is 5.97 Å². The summed E-state index contributed by atoms with van der Waals surface area (Å²) in [5, 5.41) is 6.99. The van der Waals surface area contributed by atoms with Gasteiger partial charge in [-0.05, 0) is 69.2 Å². The van der Waals surface area contributed by atoms with Gasteiger partial charge in [0.1, 0.15) is 11.4 Å². The minimum absolute atomic E-state index is 0.290. The number of anilines is 2. The van der Waals surface area contributed by atoms with Crippen LogP contribution in [0.15, 0.2) is 48.7 Å². The summed E-state index contributed by atoms with van der Waals surface area (Å²) in [6.07, 6.45) is 3.60. The van der Waals surface area contributed by atoms with Gasteiger partial charge in [-0.1, -0.05) is 0 Å². The number of nitrogens with one attached hydrogen (secondary N) is 1. The lowest BCUT2D eigenvalue weighted by molar-refractivity contribution is 0.0525. The standard InChI is InChI=1S/C24H25FN4O3/c1-3-32-24(31)20-15-26-29(16(20)2)19-9-6-17(7-10-19)23(30)27-18-8-11-22(21(25)14-18)28-12-4-5-13-28/h6-11,14-15H,3-5,12-13H2,1-2H3,(H,27,30). The summed E-state index contributed by atoms with van der Waals surface area (Å²) in [5.74, 6) is -1.10. The Hall–Kier alpha value is -3.68. The van der Waals surface area contributed by atoms with E-state index in [1.807, 2.05) is 4.90 Å². The lowest BCUT2D eigenvalue weighted by Crippen LogP contribution is -2.19. The molecule has 2 aromatic carbocycles. The van der Waals surface area contributed by atoms with E-state index in [-0.39, 0.29) is 18.3 Å². The first-order valence-electron chi connectivity index (χ1n) is 10.7. The molecular formula is C24H25FN4O3.